The van der Waals surface area contributed by atoms with Crippen LogP contribution in [0.1, 0.15) is 112 Å². The first-order valence-electron chi connectivity index (χ1n) is 19.8. The first kappa shape index (κ1) is 41.3. The molecule has 10 heteroatoms. The molecule has 290 valence electrons. The lowest BCUT2D eigenvalue weighted by Gasteiger charge is -2.09. The Morgan fingerprint density at radius 2 is 0.929 bits per heavy atom. The summed E-state index contributed by atoms with van der Waals surface area (Å²) in [5.74, 6) is -3.23. The summed E-state index contributed by atoms with van der Waals surface area (Å²) in [6.07, 6.45) is 12.8. The summed E-state index contributed by atoms with van der Waals surface area (Å²) in [5.41, 5.74) is 2.10. The highest BCUT2D eigenvalue weighted by Crippen LogP contribution is 2.55. The molecule has 6 nitrogen and oxygen atoms in total. The van der Waals surface area contributed by atoms with Gasteiger partial charge in [-0.05, 0) is 36.1 Å². The van der Waals surface area contributed by atoms with Gasteiger partial charge in [-0.2, -0.15) is 10.5 Å². The van der Waals surface area contributed by atoms with Crippen molar-refractivity contribution in [3.05, 3.63) is 82.6 Å². The fourth-order valence-electron chi connectivity index (χ4n) is 6.84. The van der Waals surface area contributed by atoms with Gasteiger partial charge < -0.3 is 9.47 Å². The molecule has 0 aliphatic carbocycles. The standard InChI is InChI=1S/C46H48N2O4S4/c1-3-5-7-9-11-19-25-51-45(49)35(29-47)39-33-27-37(31-21-15-13-16-22-31)53-41(33)43(55-39)44-42-34(28-38(54-42)32-23-17-14-18-24-32)40(56-44)36(30-48)46(50)52-26-20-12-10-8-6-4-2/h13-18,21-24,27-28,35-36H,3-12,19-20,25-26H2,1-2H3. The summed E-state index contributed by atoms with van der Waals surface area (Å²) in [5, 5.41) is 22.7. The third kappa shape index (κ3) is 9.79. The average Bonchev–Trinajstić information content (AvgIpc) is 4.01. The Morgan fingerprint density at radius 3 is 1.30 bits per heavy atom. The number of hydrogen-bond acceptors (Lipinski definition) is 10. The van der Waals surface area contributed by atoms with E-state index < -0.39 is 23.8 Å². The number of benzene rings is 2. The van der Waals surface area contributed by atoms with E-state index in [1.165, 1.54) is 61.2 Å². The summed E-state index contributed by atoms with van der Waals surface area (Å²) in [7, 11) is 0. The SMILES string of the molecule is CCCCCCCCOC(=O)C(C#N)c1sc(-c2sc(C(C#N)C(=O)OCCCCCCCC)c3cc(-c4ccccc4)sc23)c2sc(-c3ccccc3)cc12. The van der Waals surface area contributed by atoms with Crippen molar-refractivity contribution in [2.24, 2.45) is 0 Å². The minimum absolute atomic E-state index is 0.292. The fraction of sp³-hybridized carbons (Fsp3) is 0.391. The van der Waals surface area contributed by atoms with E-state index in [4.69, 9.17) is 9.47 Å². The lowest BCUT2D eigenvalue weighted by atomic mass is 10.1. The molecule has 0 N–H and O–H groups in total. The van der Waals surface area contributed by atoms with Crippen LogP contribution >= 0.6 is 45.3 Å². The second-order valence-electron chi connectivity index (χ2n) is 14.0. The highest BCUT2D eigenvalue weighted by Gasteiger charge is 2.33. The molecule has 0 saturated heterocycles. The number of nitriles is 2. The molecule has 0 bridgehead atoms. The zero-order valence-electron chi connectivity index (χ0n) is 32.1. The Kier molecular flexibility index (Phi) is 15.3. The molecule has 0 fully saturated rings. The van der Waals surface area contributed by atoms with Crippen LogP contribution in [0.3, 0.4) is 0 Å². The first-order valence-corrected chi connectivity index (χ1v) is 23.1. The first-order chi connectivity index (χ1) is 27.5. The highest BCUT2D eigenvalue weighted by molar-refractivity contribution is 7.33. The van der Waals surface area contributed by atoms with Crippen molar-refractivity contribution in [1.82, 2.24) is 0 Å². The molecule has 2 unspecified atom stereocenters. The van der Waals surface area contributed by atoms with Gasteiger partial charge in [0.1, 0.15) is 0 Å². The topological polar surface area (TPSA) is 100 Å². The number of thiophene rings is 4. The maximum Gasteiger partial charge on any atom is 0.328 e. The van der Waals surface area contributed by atoms with Crippen LogP contribution < -0.4 is 0 Å². The number of carbonyl (C=O) groups is 2. The van der Waals surface area contributed by atoms with Gasteiger partial charge in [-0.25, -0.2) is 0 Å². The van der Waals surface area contributed by atoms with Gasteiger partial charge in [0.2, 0.25) is 0 Å². The predicted octanol–water partition coefficient (Wildman–Crippen LogP) is 14.3. The molecule has 6 rings (SSSR count). The highest BCUT2D eigenvalue weighted by atomic mass is 32.1. The Morgan fingerprint density at radius 1 is 0.554 bits per heavy atom. The molecule has 56 heavy (non-hydrogen) atoms. The predicted molar refractivity (Wildman–Crippen MR) is 235 cm³/mol. The summed E-state index contributed by atoms with van der Waals surface area (Å²) in [4.78, 5) is 32.4. The Labute approximate surface area is 346 Å². The van der Waals surface area contributed by atoms with Crippen LogP contribution in [-0.4, -0.2) is 25.2 Å². The maximum atomic E-state index is 13.6. The van der Waals surface area contributed by atoms with Crippen LogP contribution in [-0.2, 0) is 19.1 Å². The number of ether oxygens (including phenoxy) is 2. The molecule has 2 aromatic carbocycles. The van der Waals surface area contributed by atoms with Gasteiger partial charge >= 0.3 is 11.9 Å². The van der Waals surface area contributed by atoms with Crippen molar-refractivity contribution in [3.8, 4) is 42.8 Å². The molecule has 0 saturated carbocycles. The molecule has 2 atom stereocenters. The summed E-state index contributed by atoms with van der Waals surface area (Å²) >= 11 is 6.14. The van der Waals surface area contributed by atoms with Crippen molar-refractivity contribution >= 4 is 77.5 Å². The molecule has 0 aliphatic heterocycles. The molecule has 0 radical (unpaired) electrons. The van der Waals surface area contributed by atoms with E-state index in [0.717, 1.165) is 89.3 Å². The van der Waals surface area contributed by atoms with Crippen molar-refractivity contribution < 1.29 is 19.1 Å². The molecular formula is C46H48N2O4S4. The molecular weight excluding hydrogens is 773 g/mol. The van der Waals surface area contributed by atoms with Crippen molar-refractivity contribution in [2.75, 3.05) is 13.2 Å². The summed E-state index contributed by atoms with van der Waals surface area (Å²) < 4.78 is 13.4. The minimum Gasteiger partial charge on any atom is -0.464 e. The summed E-state index contributed by atoms with van der Waals surface area (Å²) in [6.45, 7) is 4.96. The van der Waals surface area contributed by atoms with E-state index in [1.807, 2.05) is 36.4 Å². The number of hydrogen-bond donors (Lipinski definition) is 0. The van der Waals surface area contributed by atoms with E-state index in [9.17, 15) is 20.1 Å². The van der Waals surface area contributed by atoms with E-state index in [0.29, 0.717) is 23.0 Å². The Balaban J connectivity index is 1.39. The molecule has 4 heterocycles. The second kappa shape index (κ2) is 20.7. The van der Waals surface area contributed by atoms with Gasteiger partial charge in [0.05, 0.1) is 44.5 Å². The van der Waals surface area contributed by atoms with E-state index in [2.05, 4.69) is 62.4 Å². The van der Waals surface area contributed by atoms with Crippen LogP contribution in [0.15, 0.2) is 72.8 Å². The number of esters is 2. The van der Waals surface area contributed by atoms with E-state index in [1.54, 1.807) is 22.7 Å². The minimum atomic E-state index is -1.09. The van der Waals surface area contributed by atoms with Crippen molar-refractivity contribution in [2.45, 2.75) is 103 Å². The monoisotopic (exact) mass is 820 g/mol. The zero-order chi connectivity index (χ0) is 39.3. The van der Waals surface area contributed by atoms with Gasteiger partial charge in [0, 0.05) is 30.3 Å². The van der Waals surface area contributed by atoms with Crippen LogP contribution in [0, 0.1) is 22.7 Å². The number of fused-ring (bicyclic) bond motifs is 2. The largest absolute Gasteiger partial charge is 0.464 e. The smallest absolute Gasteiger partial charge is 0.328 e. The van der Waals surface area contributed by atoms with Crippen molar-refractivity contribution in [1.29, 1.82) is 10.5 Å². The van der Waals surface area contributed by atoms with E-state index >= 15 is 0 Å². The zero-order valence-corrected chi connectivity index (χ0v) is 35.4. The number of nitrogens with zero attached hydrogens (tertiary/aromatic N) is 2. The molecule has 4 aromatic heterocycles. The lowest BCUT2D eigenvalue weighted by Crippen LogP contribution is -2.14. The Bertz CT molecular complexity index is 2120. The Hall–Kier alpha value is -4.32. The van der Waals surface area contributed by atoms with Crippen LogP contribution in [0.5, 0.6) is 0 Å². The number of rotatable bonds is 21. The van der Waals surface area contributed by atoms with Crippen LogP contribution in [0.2, 0.25) is 0 Å². The summed E-state index contributed by atoms with van der Waals surface area (Å²) in [6, 6.07) is 29.0. The quantitative estimate of drug-likeness (QED) is 0.0529. The van der Waals surface area contributed by atoms with Crippen LogP contribution in [0.4, 0.5) is 0 Å². The van der Waals surface area contributed by atoms with Gasteiger partial charge in [-0.3, -0.25) is 9.59 Å². The number of unbranched alkanes of at least 4 members (excludes halogenated alkanes) is 10. The van der Waals surface area contributed by atoms with Gasteiger partial charge in [-0.1, -0.05) is 139 Å². The molecule has 0 amide bonds. The van der Waals surface area contributed by atoms with Gasteiger partial charge in [0.15, 0.2) is 11.8 Å². The fourth-order valence-corrected chi connectivity index (χ4v) is 12.4. The van der Waals surface area contributed by atoms with Gasteiger partial charge in [0.25, 0.3) is 0 Å². The normalized spacial score (nSPS) is 12.4. The molecule has 6 aromatic rings. The van der Waals surface area contributed by atoms with Crippen LogP contribution in [0.25, 0.3) is 50.8 Å². The van der Waals surface area contributed by atoms with E-state index in [-0.39, 0.29) is 0 Å². The average molecular weight is 821 g/mol. The second-order valence-corrected chi connectivity index (χ2v) is 18.2. The van der Waals surface area contributed by atoms with Gasteiger partial charge in [-0.15, -0.1) is 45.3 Å². The lowest BCUT2D eigenvalue weighted by molar-refractivity contribution is -0.145. The molecule has 0 spiro atoms. The van der Waals surface area contributed by atoms with Crippen molar-refractivity contribution in [3.63, 3.8) is 0 Å². The maximum absolute atomic E-state index is 13.6. The third-order valence-corrected chi connectivity index (χ3v) is 15.3. The molecule has 0 aliphatic rings. The third-order valence-electron chi connectivity index (χ3n) is 9.89. The number of carbonyl (C=O) groups excluding carboxylic acids is 2.